The highest BCUT2D eigenvalue weighted by molar-refractivity contribution is 14.0. The molecule has 1 aromatic heterocycles. The Morgan fingerprint density at radius 2 is 1.89 bits per heavy atom. The minimum absolute atomic E-state index is 0. The van der Waals surface area contributed by atoms with Gasteiger partial charge in [-0.3, -0.25) is 4.99 Å². The van der Waals surface area contributed by atoms with Crippen LogP contribution in [0.3, 0.4) is 0 Å². The third-order valence-corrected chi connectivity index (χ3v) is 6.87. The van der Waals surface area contributed by atoms with Crippen LogP contribution in [0.5, 0.6) is 0 Å². The number of aromatic nitrogens is 1. The maximum atomic E-state index is 5.73. The fourth-order valence-electron chi connectivity index (χ4n) is 4.15. The van der Waals surface area contributed by atoms with E-state index in [-0.39, 0.29) is 35.0 Å². The molecule has 1 aliphatic carbocycles. The fourth-order valence-corrected chi connectivity index (χ4v) is 4.15. The number of ether oxygens (including phenoxy) is 1. The van der Waals surface area contributed by atoms with Crippen molar-refractivity contribution in [1.82, 2.24) is 15.6 Å². The van der Waals surface area contributed by atoms with Crippen molar-refractivity contribution in [2.75, 3.05) is 32.1 Å². The van der Waals surface area contributed by atoms with Gasteiger partial charge in [-0.05, 0) is 44.7 Å². The van der Waals surface area contributed by atoms with Crippen LogP contribution < -0.4 is 15.5 Å². The molecule has 2 atom stereocenters. The molecule has 0 aromatic carbocycles. The number of aryl methyl sites for hydroxylation is 1. The lowest BCUT2D eigenvalue weighted by Crippen LogP contribution is -2.69. The van der Waals surface area contributed by atoms with E-state index in [2.05, 4.69) is 65.3 Å². The van der Waals surface area contributed by atoms with E-state index in [1.165, 1.54) is 5.56 Å². The Kier molecular flexibility index (Phi) is 7.58. The van der Waals surface area contributed by atoms with E-state index >= 15 is 0 Å². The van der Waals surface area contributed by atoms with Crippen LogP contribution in [0.25, 0.3) is 0 Å². The Hall–Kier alpha value is -1.09. The normalized spacial score (nSPS) is 27.6. The quantitative estimate of drug-likeness (QED) is 0.377. The van der Waals surface area contributed by atoms with Crippen molar-refractivity contribution in [1.29, 1.82) is 0 Å². The van der Waals surface area contributed by atoms with Crippen LogP contribution in [0.2, 0.25) is 0 Å². The number of nitrogens with one attached hydrogen (secondary N) is 2. The van der Waals surface area contributed by atoms with Gasteiger partial charge in [-0.1, -0.05) is 19.9 Å². The lowest BCUT2D eigenvalue weighted by molar-refractivity contribution is -0.176. The first kappa shape index (κ1) is 23.2. The monoisotopic (exact) mass is 501 g/mol. The molecule has 158 valence electrons. The molecule has 2 fully saturated rings. The standard InChI is InChI=1S/C21H35N5O.HI/c1-15-7-8-18(23-14-15)26-11-9-16(10-12-26)24-19(22-5)25-17-13-21(4,27-6)20(17,2)3;/h7-8,14,16-17H,9-13H2,1-6H3,(H2,22,24,25);1H. The Morgan fingerprint density at radius 3 is 2.39 bits per heavy atom. The van der Waals surface area contributed by atoms with Crippen LogP contribution >= 0.6 is 24.0 Å². The molecule has 7 heteroatoms. The van der Waals surface area contributed by atoms with Crippen LogP contribution in [0.4, 0.5) is 5.82 Å². The summed E-state index contributed by atoms with van der Waals surface area (Å²) in [5, 5.41) is 7.23. The van der Waals surface area contributed by atoms with Crippen LogP contribution in [-0.4, -0.2) is 55.9 Å². The lowest BCUT2D eigenvalue weighted by Gasteiger charge is -2.59. The zero-order valence-electron chi connectivity index (χ0n) is 18.1. The molecule has 2 unspecified atom stereocenters. The van der Waals surface area contributed by atoms with E-state index in [0.717, 1.165) is 44.1 Å². The van der Waals surface area contributed by atoms with Gasteiger partial charge >= 0.3 is 0 Å². The molecule has 0 spiro atoms. The molecule has 3 rings (SSSR count). The molecule has 1 saturated carbocycles. The zero-order valence-corrected chi connectivity index (χ0v) is 20.4. The second kappa shape index (κ2) is 9.15. The van der Waals surface area contributed by atoms with Crippen molar-refractivity contribution in [3.63, 3.8) is 0 Å². The van der Waals surface area contributed by atoms with Crippen molar-refractivity contribution in [3.8, 4) is 0 Å². The number of hydrogen-bond donors (Lipinski definition) is 2. The molecular formula is C21H36IN5O. The summed E-state index contributed by atoms with van der Waals surface area (Å²) < 4.78 is 5.73. The number of anilines is 1. The van der Waals surface area contributed by atoms with Gasteiger partial charge in [0.25, 0.3) is 0 Å². The summed E-state index contributed by atoms with van der Waals surface area (Å²) in [6.45, 7) is 10.8. The van der Waals surface area contributed by atoms with Gasteiger partial charge in [-0.15, -0.1) is 24.0 Å². The third-order valence-electron chi connectivity index (χ3n) is 6.87. The van der Waals surface area contributed by atoms with E-state index in [1.54, 1.807) is 0 Å². The first-order valence-corrected chi connectivity index (χ1v) is 10.0. The van der Waals surface area contributed by atoms with Crippen molar-refractivity contribution < 1.29 is 4.74 Å². The predicted molar refractivity (Wildman–Crippen MR) is 127 cm³/mol. The van der Waals surface area contributed by atoms with E-state index in [4.69, 9.17) is 4.74 Å². The molecule has 0 bridgehead atoms. The molecule has 1 aliphatic heterocycles. The van der Waals surface area contributed by atoms with Gasteiger partial charge in [0, 0.05) is 50.9 Å². The number of piperidine rings is 1. The fraction of sp³-hybridized carbons (Fsp3) is 0.714. The molecule has 28 heavy (non-hydrogen) atoms. The molecular weight excluding hydrogens is 465 g/mol. The third kappa shape index (κ3) is 4.56. The summed E-state index contributed by atoms with van der Waals surface area (Å²) >= 11 is 0. The average molecular weight is 501 g/mol. The Labute approximate surface area is 186 Å². The van der Waals surface area contributed by atoms with Gasteiger partial charge in [0.15, 0.2) is 5.96 Å². The maximum absolute atomic E-state index is 5.73. The minimum Gasteiger partial charge on any atom is -0.378 e. The molecule has 2 aliphatic rings. The number of hydrogen-bond acceptors (Lipinski definition) is 4. The second-order valence-corrected chi connectivity index (χ2v) is 8.73. The Bertz CT molecular complexity index is 670. The van der Waals surface area contributed by atoms with Gasteiger partial charge in [-0.25, -0.2) is 4.98 Å². The topological polar surface area (TPSA) is 61.8 Å². The number of rotatable bonds is 4. The van der Waals surface area contributed by atoms with Crippen molar-refractivity contribution >= 4 is 35.8 Å². The molecule has 6 nitrogen and oxygen atoms in total. The molecule has 2 N–H and O–H groups in total. The van der Waals surface area contributed by atoms with Crippen LogP contribution in [0.15, 0.2) is 23.3 Å². The first-order chi connectivity index (χ1) is 12.8. The largest absolute Gasteiger partial charge is 0.378 e. The second-order valence-electron chi connectivity index (χ2n) is 8.73. The minimum atomic E-state index is -0.0735. The van der Waals surface area contributed by atoms with Crippen LogP contribution in [0.1, 0.15) is 45.6 Å². The first-order valence-electron chi connectivity index (χ1n) is 10.0. The molecule has 1 aromatic rings. The Morgan fingerprint density at radius 1 is 1.21 bits per heavy atom. The summed E-state index contributed by atoms with van der Waals surface area (Å²) in [5.41, 5.74) is 1.20. The predicted octanol–water partition coefficient (Wildman–Crippen LogP) is 3.35. The lowest BCUT2D eigenvalue weighted by atomic mass is 9.56. The number of nitrogens with zero attached hydrogens (tertiary/aromatic N) is 3. The van der Waals surface area contributed by atoms with E-state index in [9.17, 15) is 0 Å². The number of aliphatic imine (C=N–C) groups is 1. The van der Waals surface area contributed by atoms with Gasteiger partial charge in [0.2, 0.25) is 0 Å². The number of pyridine rings is 1. The number of methoxy groups -OCH3 is 1. The Balaban J connectivity index is 0.00000280. The highest BCUT2D eigenvalue weighted by Crippen LogP contribution is 2.51. The molecule has 0 radical (unpaired) electrons. The summed E-state index contributed by atoms with van der Waals surface area (Å²) in [5.74, 6) is 1.98. The van der Waals surface area contributed by atoms with E-state index in [1.807, 2.05) is 20.4 Å². The van der Waals surface area contributed by atoms with Gasteiger partial charge in [-0.2, -0.15) is 0 Å². The number of halogens is 1. The van der Waals surface area contributed by atoms with Crippen LogP contribution in [0, 0.1) is 12.3 Å². The molecule has 0 amide bonds. The van der Waals surface area contributed by atoms with Crippen molar-refractivity contribution in [3.05, 3.63) is 23.9 Å². The molecule has 1 saturated heterocycles. The van der Waals surface area contributed by atoms with Crippen LogP contribution in [-0.2, 0) is 4.74 Å². The molecule has 2 heterocycles. The highest BCUT2D eigenvalue weighted by atomic mass is 127. The highest BCUT2D eigenvalue weighted by Gasteiger charge is 2.58. The smallest absolute Gasteiger partial charge is 0.191 e. The van der Waals surface area contributed by atoms with E-state index < -0.39 is 0 Å². The zero-order chi connectivity index (χ0) is 19.7. The van der Waals surface area contributed by atoms with Crippen molar-refractivity contribution in [2.24, 2.45) is 10.4 Å². The van der Waals surface area contributed by atoms with Gasteiger partial charge in [0.1, 0.15) is 5.82 Å². The summed E-state index contributed by atoms with van der Waals surface area (Å²) in [6.07, 6.45) is 5.11. The number of guanidine groups is 1. The summed E-state index contributed by atoms with van der Waals surface area (Å²) in [6, 6.07) is 5.06. The average Bonchev–Trinajstić information content (AvgIpc) is 2.67. The van der Waals surface area contributed by atoms with Crippen molar-refractivity contribution in [2.45, 2.75) is 64.6 Å². The van der Waals surface area contributed by atoms with Gasteiger partial charge < -0.3 is 20.3 Å². The SMILES string of the molecule is CN=C(NC1CCN(c2ccc(C)cn2)CC1)NC1CC(C)(OC)C1(C)C.I. The van der Waals surface area contributed by atoms with Gasteiger partial charge in [0.05, 0.1) is 5.60 Å². The summed E-state index contributed by atoms with van der Waals surface area (Å²) in [4.78, 5) is 11.4. The van der Waals surface area contributed by atoms with E-state index in [0.29, 0.717) is 12.1 Å². The maximum Gasteiger partial charge on any atom is 0.191 e. The summed E-state index contributed by atoms with van der Waals surface area (Å²) in [7, 11) is 3.66.